The highest BCUT2D eigenvalue weighted by atomic mass is 16.5. The van der Waals surface area contributed by atoms with Crippen molar-refractivity contribution in [3.8, 4) is 0 Å². The van der Waals surface area contributed by atoms with Gasteiger partial charge in [0.25, 0.3) is 5.91 Å². The largest absolute Gasteiger partial charge is 0.381 e. The third-order valence-corrected chi connectivity index (χ3v) is 5.00. The lowest BCUT2D eigenvalue weighted by atomic mass is 9.91. The molecule has 1 unspecified atom stereocenters. The quantitative estimate of drug-likeness (QED) is 0.765. The van der Waals surface area contributed by atoms with Gasteiger partial charge in [-0.05, 0) is 30.9 Å². The van der Waals surface area contributed by atoms with Gasteiger partial charge >= 0.3 is 0 Å². The summed E-state index contributed by atoms with van der Waals surface area (Å²) in [4.78, 5) is 32.3. The van der Waals surface area contributed by atoms with E-state index in [2.05, 4.69) is 4.98 Å². The summed E-state index contributed by atoms with van der Waals surface area (Å²) in [5, 5.41) is 0. The molecule has 2 amide bonds. The Morgan fingerprint density at radius 2 is 1.88 bits per heavy atom. The van der Waals surface area contributed by atoms with E-state index in [0.29, 0.717) is 50.8 Å². The standard InChI is InChI=1S/C17H25N5O3/c18-14(12-3-10-25-11-4-12)17(24)22-8-6-21(7-9-22)16-13(15(19)23)2-1-5-20-16/h1-2,5,12,14H,3-4,6-11,18H2,(H2,19,23). The van der Waals surface area contributed by atoms with Gasteiger partial charge in [-0.25, -0.2) is 4.98 Å². The summed E-state index contributed by atoms with van der Waals surface area (Å²) in [6.45, 7) is 3.67. The van der Waals surface area contributed by atoms with Crippen LogP contribution in [-0.2, 0) is 9.53 Å². The van der Waals surface area contributed by atoms with Gasteiger partial charge in [-0.3, -0.25) is 9.59 Å². The van der Waals surface area contributed by atoms with Crippen molar-refractivity contribution in [2.45, 2.75) is 18.9 Å². The molecule has 25 heavy (non-hydrogen) atoms. The van der Waals surface area contributed by atoms with Crippen molar-refractivity contribution in [1.82, 2.24) is 9.88 Å². The lowest BCUT2D eigenvalue weighted by molar-refractivity contribution is -0.135. The van der Waals surface area contributed by atoms with Crippen LogP contribution < -0.4 is 16.4 Å². The smallest absolute Gasteiger partial charge is 0.252 e. The molecule has 3 heterocycles. The SMILES string of the molecule is NC(=O)c1cccnc1N1CCN(C(=O)C(N)C2CCOCC2)CC1. The van der Waals surface area contributed by atoms with Crippen LogP contribution in [0.4, 0.5) is 5.82 Å². The van der Waals surface area contributed by atoms with Crippen molar-refractivity contribution in [3.05, 3.63) is 23.9 Å². The zero-order valence-electron chi connectivity index (χ0n) is 14.3. The zero-order chi connectivity index (χ0) is 17.8. The monoisotopic (exact) mass is 347 g/mol. The number of hydrogen-bond donors (Lipinski definition) is 2. The van der Waals surface area contributed by atoms with Crippen LogP contribution >= 0.6 is 0 Å². The highest BCUT2D eigenvalue weighted by Crippen LogP contribution is 2.21. The Labute approximate surface area is 147 Å². The third-order valence-electron chi connectivity index (χ3n) is 5.00. The van der Waals surface area contributed by atoms with Crippen LogP contribution in [0.1, 0.15) is 23.2 Å². The molecule has 0 radical (unpaired) electrons. The molecular formula is C17H25N5O3. The number of amides is 2. The number of ether oxygens (including phenoxy) is 1. The zero-order valence-corrected chi connectivity index (χ0v) is 14.3. The maximum Gasteiger partial charge on any atom is 0.252 e. The number of hydrogen-bond acceptors (Lipinski definition) is 6. The van der Waals surface area contributed by atoms with E-state index < -0.39 is 11.9 Å². The predicted molar refractivity (Wildman–Crippen MR) is 93.1 cm³/mol. The van der Waals surface area contributed by atoms with E-state index in [0.717, 1.165) is 12.8 Å². The van der Waals surface area contributed by atoms with Crippen LogP contribution in [0.2, 0.25) is 0 Å². The van der Waals surface area contributed by atoms with Gasteiger partial charge in [-0.2, -0.15) is 0 Å². The second-order valence-corrected chi connectivity index (χ2v) is 6.53. The predicted octanol–water partition coefficient (Wildman–Crippen LogP) is -0.417. The normalized spacial score (nSPS) is 20.4. The second-order valence-electron chi connectivity index (χ2n) is 6.53. The molecule has 0 aromatic carbocycles. The number of piperazine rings is 1. The Morgan fingerprint density at radius 1 is 1.20 bits per heavy atom. The van der Waals surface area contributed by atoms with Gasteiger partial charge in [0.2, 0.25) is 5.91 Å². The Kier molecular flexibility index (Phi) is 5.50. The maximum absolute atomic E-state index is 12.7. The molecule has 2 fully saturated rings. The average Bonchev–Trinajstić information content (AvgIpc) is 2.67. The lowest BCUT2D eigenvalue weighted by Crippen LogP contribution is -2.55. The highest BCUT2D eigenvalue weighted by molar-refractivity contribution is 5.97. The fourth-order valence-corrected chi connectivity index (χ4v) is 3.47. The van der Waals surface area contributed by atoms with Crippen molar-refractivity contribution in [3.63, 3.8) is 0 Å². The summed E-state index contributed by atoms with van der Waals surface area (Å²) in [5.74, 6) is 0.276. The molecule has 0 aliphatic carbocycles. The first-order valence-electron chi connectivity index (χ1n) is 8.70. The first-order chi connectivity index (χ1) is 12.1. The van der Waals surface area contributed by atoms with E-state index in [9.17, 15) is 9.59 Å². The van der Waals surface area contributed by atoms with E-state index in [1.165, 1.54) is 0 Å². The molecule has 2 aliphatic rings. The summed E-state index contributed by atoms with van der Waals surface area (Å²) >= 11 is 0. The Bertz CT molecular complexity index is 624. The average molecular weight is 347 g/mol. The number of primary amides is 1. The van der Waals surface area contributed by atoms with Crippen LogP contribution in [0.5, 0.6) is 0 Å². The maximum atomic E-state index is 12.7. The summed E-state index contributed by atoms with van der Waals surface area (Å²) in [7, 11) is 0. The van der Waals surface area contributed by atoms with Gasteiger partial charge in [0.1, 0.15) is 5.82 Å². The van der Waals surface area contributed by atoms with Gasteiger partial charge in [-0.1, -0.05) is 0 Å². The first-order valence-corrected chi connectivity index (χ1v) is 8.70. The molecule has 8 nitrogen and oxygen atoms in total. The van der Waals surface area contributed by atoms with Crippen LogP contribution in [0, 0.1) is 5.92 Å². The van der Waals surface area contributed by atoms with Crippen molar-refractivity contribution in [2.24, 2.45) is 17.4 Å². The number of carbonyl (C=O) groups is 2. The number of nitrogens with zero attached hydrogens (tertiary/aromatic N) is 3. The number of anilines is 1. The second kappa shape index (κ2) is 7.79. The molecule has 8 heteroatoms. The van der Waals surface area contributed by atoms with Gasteiger partial charge < -0.3 is 26.0 Å². The van der Waals surface area contributed by atoms with E-state index in [-0.39, 0.29) is 11.8 Å². The number of carbonyl (C=O) groups excluding carboxylic acids is 2. The van der Waals surface area contributed by atoms with Gasteiger partial charge in [0, 0.05) is 45.6 Å². The molecule has 0 bridgehead atoms. The molecule has 136 valence electrons. The van der Waals surface area contributed by atoms with Gasteiger partial charge in [0.05, 0.1) is 11.6 Å². The molecule has 1 aromatic heterocycles. The molecule has 0 spiro atoms. The minimum absolute atomic E-state index is 0.00250. The summed E-state index contributed by atoms with van der Waals surface area (Å²) in [6, 6.07) is 2.89. The molecule has 1 aromatic rings. The topological polar surface area (TPSA) is 115 Å². The summed E-state index contributed by atoms with van der Waals surface area (Å²) in [5.41, 5.74) is 12.0. The molecule has 3 rings (SSSR count). The third kappa shape index (κ3) is 3.91. The fourth-order valence-electron chi connectivity index (χ4n) is 3.47. The van der Waals surface area contributed by atoms with E-state index >= 15 is 0 Å². The number of pyridine rings is 1. The van der Waals surface area contributed by atoms with E-state index in [4.69, 9.17) is 16.2 Å². The van der Waals surface area contributed by atoms with Crippen molar-refractivity contribution >= 4 is 17.6 Å². The summed E-state index contributed by atoms with van der Waals surface area (Å²) in [6.07, 6.45) is 3.31. The molecule has 2 aliphatic heterocycles. The van der Waals surface area contributed by atoms with Gasteiger partial charge in [0.15, 0.2) is 0 Å². The molecule has 0 saturated carbocycles. The highest BCUT2D eigenvalue weighted by Gasteiger charge is 2.32. The lowest BCUT2D eigenvalue weighted by Gasteiger charge is -2.38. The van der Waals surface area contributed by atoms with Crippen molar-refractivity contribution in [2.75, 3.05) is 44.3 Å². The number of rotatable bonds is 4. The van der Waals surface area contributed by atoms with Gasteiger partial charge in [-0.15, -0.1) is 0 Å². The number of aromatic nitrogens is 1. The van der Waals surface area contributed by atoms with Crippen LogP contribution in [0.15, 0.2) is 18.3 Å². The Morgan fingerprint density at radius 3 is 2.52 bits per heavy atom. The summed E-state index contributed by atoms with van der Waals surface area (Å²) < 4.78 is 5.34. The molecule has 2 saturated heterocycles. The van der Waals surface area contributed by atoms with Crippen LogP contribution in [0.3, 0.4) is 0 Å². The Balaban J connectivity index is 1.60. The van der Waals surface area contributed by atoms with E-state index in [1.807, 2.05) is 9.80 Å². The van der Waals surface area contributed by atoms with Crippen molar-refractivity contribution < 1.29 is 14.3 Å². The molecule has 4 N–H and O–H groups in total. The van der Waals surface area contributed by atoms with Crippen LogP contribution in [-0.4, -0.2) is 67.1 Å². The minimum Gasteiger partial charge on any atom is -0.381 e. The van der Waals surface area contributed by atoms with E-state index in [1.54, 1.807) is 18.3 Å². The van der Waals surface area contributed by atoms with Crippen molar-refractivity contribution in [1.29, 1.82) is 0 Å². The van der Waals surface area contributed by atoms with Crippen LogP contribution in [0.25, 0.3) is 0 Å². The Hall–Kier alpha value is -2.19. The molecular weight excluding hydrogens is 322 g/mol. The molecule has 1 atom stereocenters. The number of nitrogens with two attached hydrogens (primary N) is 2. The first kappa shape index (κ1) is 17.6. The fraction of sp³-hybridized carbons (Fsp3) is 0.588. The minimum atomic E-state index is -0.497.